The molecule has 0 unspecified atom stereocenters. The van der Waals surface area contributed by atoms with Crippen molar-refractivity contribution in [3.63, 3.8) is 0 Å². The molecule has 5 aromatic rings. The standard InChI is InChI=1S/C28H13F5N2O7S2/c29-20-21(30)23(32)28(24(33)22(20)31)43(38,39)35-18-10-14(44(40,41)42)7-13-5-6-17(34-25(13)18)19-26(36)15-8-11-3-1-2-4-12(11)9-16(15)27(19)37/h1-10,19,35H,(H,40,41,42). The van der Waals surface area contributed by atoms with Crippen LogP contribution in [-0.2, 0) is 20.1 Å². The number of hydrogen-bond donors (Lipinski definition) is 2. The van der Waals surface area contributed by atoms with Gasteiger partial charge in [-0.2, -0.15) is 8.42 Å². The van der Waals surface area contributed by atoms with Gasteiger partial charge in [-0.1, -0.05) is 30.3 Å². The van der Waals surface area contributed by atoms with Crippen LogP contribution in [0.1, 0.15) is 32.3 Å². The maximum Gasteiger partial charge on any atom is 0.294 e. The van der Waals surface area contributed by atoms with Gasteiger partial charge in [0.15, 0.2) is 39.7 Å². The molecule has 224 valence electrons. The van der Waals surface area contributed by atoms with Gasteiger partial charge < -0.3 is 0 Å². The number of halogens is 5. The lowest BCUT2D eigenvalue weighted by Gasteiger charge is -2.15. The van der Waals surface area contributed by atoms with Crippen LogP contribution < -0.4 is 4.72 Å². The Balaban J connectivity index is 1.52. The Morgan fingerprint density at radius 3 is 1.73 bits per heavy atom. The van der Waals surface area contributed by atoms with E-state index in [1.807, 2.05) is 0 Å². The summed E-state index contributed by atoms with van der Waals surface area (Å²) in [4.78, 5) is 27.7. The van der Waals surface area contributed by atoms with E-state index in [1.54, 1.807) is 29.0 Å². The van der Waals surface area contributed by atoms with E-state index >= 15 is 0 Å². The first-order valence-corrected chi connectivity index (χ1v) is 15.1. The van der Waals surface area contributed by atoms with E-state index < -0.39 is 87.7 Å². The van der Waals surface area contributed by atoms with Crippen molar-refractivity contribution in [2.45, 2.75) is 15.7 Å². The first kappa shape index (κ1) is 29.3. The topological polar surface area (TPSA) is 148 Å². The molecule has 0 bridgehead atoms. The van der Waals surface area contributed by atoms with Gasteiger partial charge >= 0.3 is 0 Å². The molecular weight excluding hydrogens is 635 g/mol. The number of anilines is 1. The van der Waals surface area contributed by atoms with Gasteiger partial charge in [0.25, 0.3) is 20.1 Å². The number of benzene rings is 4. The maximum atomic E-state index is 14.4. The molecule has 0 fully saturated rings. The van der Waals surface area contributed by atoms with E-state index in [2.05, 4.69) is 4.98 Å². The Kier molecular flexibility index (Phi) is 6.57. The number of rotatable bonds is 5. The van der Waals surface area contributed by atoms with E-state index in [4.69, 9.17) is 0 Å². The van der Waals surface area contributed by atoms with Crippen molar-refractivity contribution < 1.29 is 52.9 Å². The first-order chi connectivity index (χ1) is 20.6. The molecule has 4 aromatic carbocycles. The van der Waals surface area contributed by atoms with Gasteiger partial charge in [-0.15, -0.1) is 0 Å². The molecule has 2 N–H and O–H groups in total. The van der Waals surface area contributed by atoms with Gasteiger partial charge in [-0.3, -0.25) is 18.9 Å². The normalized spacial score (nSPS) is 14.0. The third-order valence-corrected chi connectivity index (χ3v) is 9.22. The molecule has 0 saturated carbocycles. The summed E-state index contributed by atoms with van der Waals surface area (Å²) in [5.41, 5.74) is -1.45. The summed E-state index contributed by atoms with van der Waals surface area (Å²) in [6.07, 6.45) is 0. The van der Waals surface area contributed by atoms with E-state index in [9.17, 15) is 52.9 Å². The number of hydrogen-bond acceptors (Lipinski definition) is 7. The van der Waals surface area contributed by atoms with E-state index in [0.29, 0.717) is 16.8 Å². The summed E-state index contributed by atoms with van der Waals surface area (Å²) >= 11 is 0. The summed E-state index contributed by atoms with van der Waals surface area (Å²) < 4.78 is 131. The summed E-state index contributed by atoms with van der Waals surface area (Å²) in [5, 5.41) is 1.12. The number of nitrogens with one attached hydrogen (secondary N) is 1. The van der Waals surface area contributed by atoms with Crippen LogP contribution in [0.2, 0.25) is 0 Å². The summed E-state index contributed by atoms with van der Waals surface area (Å²) in [6, 6.07) is 13.6. The molecule has 0 aliphatic heterocycles. The first-order valence-electron chi connectivity index (χ1n) is 12.2. The predicted molar refractivity (Wildman–Crippen MR) is 144 cm³/mol. The molecule has 0 saturated heterocycles. The summed E-state index contributed by atoms with van der Waals surface area (Å²) in [6.45, 7) is 0. The second-order valence-corrected chi connectivity index (χ2v) is 12.7. The smallest absolute Gasteiger partial charge is 0.293 e. The molecule has 9 nitrogen and oxygen atoms in total. The molecule has 1 aromatic heterocycles. The van der Waals surface area contributed by atoms with Crippen LogP contribution in [0.5, 0.6) is 0 Å². The monoisotopic (exact) mass is 648 g/mol. The van der Waals surface area contributed by atoms with Crippen molar-refractivity contribution in [2.75, 3.05) is 4.72 Å². The molecule has 1 aliphatic rings. The Hall–Kier alpha value is -4.80. The van der Waals surface area contributed by atoms with Gasteiger partial charge in [-0.25, -0.2) is 35.4 Å². The van der Waals surface area contributed by atoms with Crippen molar-refractivity contribution in [1.82, 2.24) is 4.98 Å². The quantitative estimate of drug-likeness (QED) is 0.0859. The average Bonchev–Trinajstić information content (AvgIpc) is 3.21. The van der Waals surface area contributed by atoms with Crippen molar-refractivity contribution >= 4 is 59.1 Å². The number of carbonyl (C=O) groups excluding carboxylic acids is 2. The van der Waals surface area contributed by atoms with Gasteiger partial charge in [-0.05, 0) is 41.1 Å². The minimum Gasteiger partial charge on any atom is -0.293 e. The third-order valence-electron chi connectivity index (χ3n) is 7.00. The van der Waals surface area contributed by atoms with Gasteiger partial charge in [0.2, 0.25) is 5.82 Å². The zero-order valence-corrected chi connectivity index (χ0v) is 23.0. The highest BCUT2D eigenvalue weighted by Crippen LogP contribution is 2.38. The summed E-state index contributed by atoms with van der Waals surface area (Å²) in [7, 11) is -10.8. The molecular formula is C28H13F5N2O7S2. The van der Waals surface area contributed by atoms with Crippen LogP contribution in [0.15, 0.2) is 70.5 Å². The van der Waals surface area contributed by atoms with Crippen molar-refractivity contribution in [2.24, 2.45) is 0 Å². The number of ketones is 2. The zero-order chi connectivity index (χ0) is 31.9. The number of sulfonamides is 1. The lowest BCUT2D eigenvalue weighted by atomic mass is 9.98. The zero-order valence-electron chi connectivity index (χ0n) is 21.4. The molecule has 6 rings (SSSR count). The fraction of sp³-hybridized carbons (Fsp3) is 0.0357. The molecule has 0 radical (unpaired) electrons. The van der Waals surface area contributed by atoms with Crippen molar-refractivity contribution in [1.29, 1.82) is 0 Å². The van der Waals surface area contributed by atoms with E-state index in [0.717, 1.165) is 12.1 Å². The Labute approximate surface area is 243 Å². The van der Waals surface area contributed by atoms with Gasteiger partial charge in [0.05, 0.1) is 21.8 Å². The van der Waals surface area contributed by atoms with Crippen LogP contribution in [0, 0.1) is 29.1 Å². The molecule has 0 amide bonds. The molecule has 1 aliphatic carbocycles. The number of fused-ring (bicyclic) bond motifs is 3. The molecule has 0 spiro atoms. The molecule has 1 heterocycles. The highest BCUT2D eigenvalue weighted by atomic mass is 32.2. The van der Waals surface area contributed by atoms with Crippen LogP contribution in [-0.4, -0.2) is 37.9 Å². The number of pyridine rings is 1. The Morgan fingerprint density at radius 1 is 0.682 bits per heavy atom. The second kappa shape index (κ2) is 9.87. The number of carbonyl (C=O) groups is 2. The average molecular weight is 649 g/mol. The third kappa shape index (κ3) is 4.49. The minimum absolute atomic E-state index is 0.0922. The molecule has 44 heavy (non-hydrogen) atoms. The highest BCUT2D eigenvalue weighted by Gasteiger charge is 2.41. The molecule has 0 atom stereocenters. The number of aromatic nitrogens is 1. The van der Waals surface area contributed by atoms with E-state index in [1.165, 1.54) is 18.2 Å². The number of Topliss-reactive ketones (excluding diaryl/α,β-unsaturated/α-hetero) is 2. The Morgan fingerprint density at radius 2 is 1.20 bits per heavy atom. The maximum absolute atomic E-state index is 14.4. The van der Waals surface area contributed by atoms with Gasteiger partial charge in [0, 0.05) is 16.5 Å². The number of nitrogens with zero attached hydrogens (tertiary/aromatic N) is 1. The largest absolute Gasteiger partial charge is 0.294 e. The Bertz CT molecular complexity index is 2280. The summed E-state index contributed by atoms with van der Waals surface area (Å²) in [5.74, 6) is -16.0. The SMILES string of the molecule is O=C1c2cc3ccccc3cc2C(=O)C1c1ccc2cc(S(=O)(=O)O)cc(NS(=O)(=O)c3c(F)c(F)c(F)c(F)c3F)c2n1. The van der Waals surface area contributed by atoms with Crippen LogP contribution in [0.3, 0.4) is 0 Å². The second-order valence-electron chi connectivity index (χ2n) is 9.66. The van der Waals surface area contributed by atoms with Crippen LogP contribution in [0.4, 0.5) is 27.6 Å². The highest BCUT2D eigenvalue weighted by molar-refractivity contribution is 7.92. The fourth-order valence-corrected chi connectivity index (χ4v) is 6.71. The van der Waals surface area contributed by atoms with Crippen LogP contribution >= 0.6 is 0 Å². The fourth-order valence-electron chi connectivity index (χ4n) is 4.97. The van der Waals surface area contributed by atoms with Crippen molar-refractivity contribution in [3.8, 4) is 0 Å². The van der Waals surface area contributed by atoms with Crippen molar-refractivity contribution in [3.05, 3.63) is 107 Å². The van der Waals surface area contributed by atoms with E-state index in [-0.39, 0.29) is 22.2 Å². The van der Waals surface area contributed by atoms with Gasteiger partial charge in [0.1, 0.15) is 5.92 Å². The lowest BCUT2D eigenvalue weighted by Crippen LogP contribution is -2.20. The predicted octanol–water partition coefficient (Wildman–Crippen LogP) is 5.29. The lowest BCUT2D eigenvalue weighted by molar-refractivity contribution is 0.0888. The molecule has 16 heteroatoms. The van der Waals surface area contributed by atoms with Crippen LogP contribution in [0.25, 0.3) is 21.7 Å². The minimum atomic E-state index is -5.71.